The van der Waals surface area contributed by atoms with Crippen LogP contribution in [0.3, 0.4) is 0 Å². The Bertz CT molecular complexity index is 1120. The average molecular weight is 477 g/mol. The molecule has 0 radical (unpaired) electrons. The predicted molar refractivity (Wildman–Crippen MR) is 131 cm³/mol. The van der Waals surface area contributed by atoms with Gasteiger partial charge < -0.3 is 20.5 Å². The van der Waals surface area contributed by atoms with Crippen LogP contribution in [0.25, 0.3) is 11.1 Å². The highest BCUT2D eigenvalue weighted by Gasteiger charge is 2.65. The van der Waals surface area contributed by atoms with Crippen LogP contribution >= 0.6 is 0 Å². The zero-order chi connectivity index (χ0) is 24.7. The summed E-state index contributed by atoms with van der Waals surface area (Å²) in [7, 11) is 0. The number of alkyl carbamates (subject to hydrolysis) is 1. The number of carbonyl (C=O) groups excluding carboxylic acids is 2. The molecule has 2 aromatic carbocycles. The minimum atomic E-state index is -0.921. The molecule has 0 saturated heterocycles. The standard InChI is InChI=1S/C28H32N2O5/c1-16(2)24(12-25(31)32)30-26(33)28-13-17(28)11-18(14-28)29-27(34)35-15-23-21-9-5-3-7-19(21)20-8-4-6-10-22(20)23/h3-10,16-18,23-24H,11-15H2,1-2H3,(H,29,34)(H,30,33)(H,31,32)/t17?,18?,24-,28?/m0/s1. The van der Waals surface area contributed by atoms with Crippen molar-refractivity contribution >= 4 is 18.0 Å². The highest BCUT2D eigenvalue weighted by molar-refractivity contribution is 5.87. The lowest BCUT2D eigenvalue weighted by Crippen LogP contribution is -2.44. The molecule has 5 rings (SSSR count). The Morgan fingerprint density at radius 3 is 2.26 bits per heavy atom. The van der Waals surface area contributed by atoms with Crippen molar-refractivity contribution < 1.29 is 24.2 Å². The normalized spacial score (nSPS) is 24.8. The molecule has 0 heterocycles. The van der Waals surface area contributed by atoms with Gasteiger partial charge in [0.05, 0.1) is 11.8 Å². The lowest BCUT2D eigenvalue weighted by molar-refractivity contribution is -0.138. The topological polar surface area (TPSA) is 105 Å². The maximum Gasteiger partial charge on any atom is 0.407 e. The van der Waals surface area contributed by atoms with E-state index in [0.717, 1.165) is 12.8 Å². The van der Waals surface area contributed by atoms with E-state index in [-0.39, 0.29) is 42.7 Å². The summed E-state index contributed by atoms with van der Waals surface area (Å²) in [5, 5.41) is 15.1. The molecular formula is C28H32N2O5. The van der Waals surface area contributed by atoms with Gasteiger partial charge in [0.15, 0.2) is 0 Å². The molecule has 0 spiro atoms. The fraction of sp³-hybridized carbons (Fsp3) is 0.464. The van der Waals surface area contributed by atoms with E-state index in [0.29, 0.717) is 6.42 Å². The first-order valence-corrected chi connectivity index (χ1v) is 12.4. The van der Waals surface area contributed by atoms with E-state index in [9.17, 15) is 14.4 Å². The first-order chi connectivity index (χ1) is 16.8. The zero-order valence-electron chi connectivity index (χ0n) is 20.1. The third kappa shape index (κ3) is 4.40. The number of benzene rings is 2. The fourth-order valence-electron chi connectivity index (χ4n) is 6.05. The summed E-state index contributed by atoms with van der Waals surface area (Å²) in [6.45, 7) is 4.07. The minimum Gasteiger partial charge on any atom is -0.481 e. The lowest BCUT2D eigenvalue weighted by atomic mass is 9.96. The SMILES string of the molecule is CC(C)[C@H](CC(=O)O)NC(=O)C12CC(NC(=O)OCC3c4ccccc4-c4ccccc43)CC1C2. The number of fused-ring (bicyclic) bond motifs is 4. The van der Waals surface area contributed by atoms with E-state index >= 15 is 0 Å². The number of amides is 2. The molecule has 184 valence electrons. The number of hydrogen-bond acceptors (Lipinski definition) is 4. The predicted octanol–water partition coefficient (Wildman–Crippen LogP) is 4.31. The van der Waals surface area contributed by atoms with Crippen molar-refractivity contribution in [3.63, 3.8) is 0 Å². The molecule has 2 aromatic rings. The second-order valence-electron chi connectivity index (χ2n) is 10.6. The van der Waals surface area contributed by atoms with Crippen LogP contribution in [0.5, 0.6) is 0 Å². The number of carboxylic acids is 1. The molecular weight excluding hydrogens is 444 g/mol. The molecule has 0 aromatic heterocycles. The zero-order valence-corrected chi connectivity index (χ0v) is 20.1. The van der Waals surface area contributed by atoms with Crippen LogP contribution in [0.2, 0.25) is 0 Å². The van der Waals surface area contributed by atoms with Gasteiger partial charge in [0.1, 0.15) is 6.61 Å². The number of ether oxygens (including phenoxy) is 1. The van der Waals surface area contributed by atoms with Gasteiger partial charge in [-0.05, 0) is 53.4 Å². The smallest absolute Gasteiger partial charge is 0.407 e. The van der Waals surface area contributed by atoms with E-state index in [1.165, 1.54) is 22.3 Å². The Hall–Kier alpha value is -3.35. The Morgan fingerprint density at radius 2 is 1.66 bits per heavy atom. The molecule has 3 unspecified atom stereocenters. The Labute approximate surface area is 205 Å². The molecule has 2 saturated carbocycles. The van der Waals surface area contributed by atoms with Crippen molar-refractivity contribution in [1.82, 2.24) is 10.6 Å². The van der Waals surface area contributed by atoms with Gasteiger partial charge in [-0.1, -0.05) is 62.4 Å². The molecule has 3 N–H and O–H groups in total. The Morgan fingerprint density at radius 1 is 1.03 bits per heavy atom. The van der Waals surface area contributed by atoms with Crippen LogP contribution < -0.4 is 10.6 Å². The van der Waals surface area contributed by atoms with Gasteiger partial charge in [0, 0.05) is 18.0 Å². The Kier molecular flexibility index (Phi) is 6.03. The maximum atomic E-state index is 13.0. The molecule has 7 heteroatoms. The van der Waals surface area contributed by atoms with Gasteiger partial charge in [-0.15, -0.1) is 0 Å². The van der Waals surface area contributed by atoms with Crippen molar-refractivity contribution in [3.05, 3.63) is 59.7 Å². The molecule has 7 nitrogen and oxygen atoms in total. The monoisotopic (exact) mass is 476 g/mol. The van der Waals surface area contributed by atoms with Crippen molar-refractivity contribution in [2.45, 2.75) is 57.5 Å². The van der Waals surface area contributed by atoms with Gasteiger partial charge in [-0.25, -0.2) is 4.79 Å². The molecule has 4 atom stereocenters. The second kappa shape index (κ2) is 9.02. The van der Waals surface area contributed by atoms with Gasteiger partial charge in [-0.3, -0.25) is 9.59 Å². The summed E-state index contributed by atoms with van der Waals surface area (Å²) >= 11 is 0. The molecule has 3 aliphatic rings. The minimum absolute atomic E-state index is 0.00412. The highest BCUT2D eigenvalue weighted by atomic mass is 16.5. The van der Waals surface area contributed by atoms with Gasteiger partial charge in [0.25, 0.3) is 0 Å². The van der Waals surface area contributed by atoms with Gasteiger partial charge in [0.2, 0.25) is 5.91 Å². The van der Waals surface area contributed by atoms with Crippen LogP contribution in [0.15, 0.2) is 48.5 Å². The number of aliphatic carboxylic acids is 1. The van der Waals surface area contributed by atoms with E-state index in [1.807, 2.05) is 38.1 Å². The number of carbonyl (C=O) groups is 3. The van der Waals surface area contributed by atoms with Crippen LogP contribution in [0.4, 0.5) is 4.79 Å². The molecule has 2 fully saturated rings. The fourth-order valence-corrected chi connectivity index (χ4v) is 6.05. The molecule has 35 heavy (non-hydrogen) atoms. The summed E-state index contributed by atoms with van der Waals surface area (Å²) in [4.78, 5) is 36.8. The van der Waals surface area contributed by atoms with Gasteiger partial charge in [-0.2, -0.15) is 0 Å². The number of hydrogen-bond donors (Lipinski definition) is 3. The van der Waals surface area contributed by atoms with Gasteiger partial charge >= 0.3 is 12.1 Å². The van der Waals surface area contributed by atoms with Crippen molar-refractivity contribution in [3.8, 4) is 11.1 Å². The Balaban J connectivity index is 1.16. The third-order valence-corrected chi connectivity index (χ3v) is 8.05. The summed E-state index contributed by atoms with van der Waals surface area (Å²) in [5.41, 5.74) is 4.21. The highest BCUT2D eigenvalue weighted by Crippen LogP contribution is 2.63. The quantitative estimate of drug-likeness (QED) is 0.527. The van der Waals surface area contributed by atoms with Crippen molar-refractivity contribution in [2.75, 3.05) is 6.61 Å². The number of nitrogens with one attached hydrogen (secondary N) is 2. The van der Waals surface area contributed by atoms with Crippen molar-refractivity contribution in [1.29, 1.82) is 0 Å². The second-order valence-corrected chi connectivity index (χ2v) is 10.6. The van der Waals surface area contributed by atoms with Crippen LogP contribution in [0.1, 0.15) is 56.6 Å². The van der Waals surface area contributed by atoms with Crippen molar-refractivity contribution in [2.24, 2.45) is 17.3 Å². The van der Waals surface area contributed by atoms with Crippen LogP contribution in [-0.4, -0.2) is 41.8 Å². The summed E-state index contributed by atoms with van der Waals surface area (Å²) in [5.74, 6) is -0.752. The summed E-state index contributed by atoms with van der Waals surface area (Å²) in [6.07, 6.45) is 1.54. The van der Waals surface area contributed by atoms with E-state index < -0.39 is 23.5 Å². The first-order valence-electron chi connectivity index (χ1n) is 12.4. The summed E-state index contributed by atoms with van der Waals surface area (Å²) < 4.78 is 5.67. The largest absolute Gasteiger partial charge is 0.481 e. The van der Waals surface area contributed by atoms with E-state index in [1.54, 1.807) is 0 Å². The van der Waals surface area contributed by atoms with Crippen LogP contribution in [0, 0.1) is 17.3 Å². The van der Waals surface area contributed by atoms with Crippen LogP contribution in [-0.2, 0) is 14.3 Å². The number of rotatable bonds is 8. The molecule has 0 bridgehead atoms. The summed E-state index contributed by atoms with van der Waals surface area (Å²) in [6, 6.07) is 15.9. The molecule has 3 aliphatic carbocycles. The lowest BCUT2D eigenvalue weighted by Gasteiger charge is -2.24. The van der Waals surface area contributed by atoms with E-state index in [4.69, 9.17) is 9.84 Å². The average Bonchev–Trinajstić information content (AvgIpc) is 3.25. The molecule has 2 amide bonds. The first kappa shape index (κ1) is 23.4. The third-order valence-electron chi connectivity index (χ3n) is 8.05. The number of carboxylic acid groups (broad SMARTS) is 1. The maximum absolute atomic E-state index is 13.0. The molecule has 0 aliphatic heterocycles. The van der Waals surface area contributed by atoms with E-state index in [2.05, 4.69) is 34.9 Å².